The van der Waals surface area contributed by atoms with E-state index in [2.05, 4.69) is 32.7 Å². The normalized spacial score (nSPS) is 27.0. The van der Waals surface area contributed by atoms with E-state index in [0.717, 1.165) is 11.8 Å². The molecule has 16 heavy (non-hydrogen) atoms. The van der Waals surface area contributed by atoms with Crippen molar-refractivity contribution < 1.29 is 0 Å². The van der Waals surface area contributed by atoms with E-state index in [4.69, 9.17) is 0 Å². The molecule has 1 fully saturated rings. The molecule has 0 spiro atoms. The van der Waals surface area contributed by atoms with Crippen molar-refractivity contribution in [3.05, 3.63) is 16.1 Å². The zero-order valence-electron chi connectivity index (χ0n) is 10.9. The molecule has 1 aliphatic carbocycles. The lowest BCUT2D eigenvalue weighted by Crippen LogP contribution is -2.25. The summed E-state index contributed by atoms with van der Waals surface area (Å²) in [6.45, 7) is 9.30. The van der Waals surface area contributed by atoms with Crippen molar-refractivity contribution in [2.45, 2.75) is 59.3 Å². The quantitative estimate of drug-likeness (QED) is 0.685. The smallest absolute Gasteiger partial charge is 0.0958 e. The molecule has 2 heteroatoms. The summed E-state index contributed by atoms with van der Waals surface area (Å²) in [7, 11) is 0. The van der Waals surface area contributed by atoms with Gasteiger partial charge in [0, 0.05) is 17.0 Å². The molecule has 0 aliphatic heterocycles. The second-order valence-corrected chi connectivity index (χ2v) is 7.49. The third-order valence-corrected chi connectivity index (χ3v) is 5.02. The zero-order chi connectivity index (χ0) is 11.8. The SMILES string of the molecule is Cc1cnc(C2CCC(C(C)(C)C)CC2)s1. The molecular weight excluding hydrogens is 214 g/mol. The highest BCUT2D eigenvalue weighted by atomic mass is 32.1. The number of aryl methyl sites for hydroxylation is 1. The molecule has 0 unspecified atom stereocenters. The molecular formula is C14H23NS. The molecule has 1 saturated carbocycles. The van der Waals surface area contributed by atoms with E-state index in [-0.39, 0.29) is 0 Å². The van der Waals surface area contributed by atoms with Crippen LogP contribution in [0.25, 0.3) is 0 Å². The van der Waals surface area contributed by atoms with Crippen LogP contribution >= 0.6 is 11.3 Å². The van der Waals surface area contributed by atoms with Crippen LogP contribution in [0.3, 0.4) is 0 Å². The highest BCUT2D eigenvalue weighted by Gasteiger charge is 2.30. The van der Waals surface area contributed by atoms with E-state index in [1.165, 1.54) is 35.6 Å². The number of hydrogen-bond donors (Lipinski definition) is 0. The Balaban J connectivity index is 1.95. The second-order valence-electron chi connectivity index (χ2n) is 6.22. The lowest BCUT2D eigenvalue weighted by Gasteiger charge is -2.36. The van der Waals surface area contributed by atoms with Crippen LogP contribution in [0.5, 0.6) is 0 Å². The molecule has 0 amide bonds. The Kier molecular flexibility index (Phi) is 3.39. The summed E-state index contributed by atoms with van der Waals surface area (Å²) in [6.07, 6.45) is 7.47. The summed E-state index contributed by atoms with van der Waals surface area (Å²) >= 11 is 1.89. The van der Waals surface area contributed by atoms with Gasteiger partial charge in [0.2, 0.25) is 0 Å². The highest BCUT2D eigenvalue weighted by Crippen LogP contribution is 2.43. The first-order valence-electron chi connectivity index (χ1n) is 6.39. The zero-order valence-corrected chi connectivity index (χ0v) is 11.7. The summed E-state index contributed by atoms with van der Waals surface area (Å²) in [5.41, 5.74) is 0.490. The maximum absolute atomic E-state index is 4.55. The second kappa shape index (κ2) is 4.48. The average Bonchev–Trinajstić information content (AvgIpc) is 2.64. The topological polar surface area (TPSA) is 12.9 Å². The van der Waals surface area contributed by atoms with Crippen molar-refractivity contribution in [1.29, 1.82) is 0 Å². The molecule has 1 aromatic heterocycles. The van der Waals surface area contributed by atoms with Crippen LogP contribution in [0, 0.1) is 18.3 Å². The molecule has 0 aromatic carbocycles. The summed E-state index contributed by atoms with van der Waals surface area (Å²) in [5.74, 6) is 1.65. The van der Waals surface area contributed by atoms with Crippen molar-refractivity contribution in [1.82, 2.24) is 4.98 Å². The van der Waals surface area contributed by atoms with E-state index >= 15 is 0 Å². The van der Waals surface area contributed by atoms with Gasteiger partial charge in [-0.2, -0.15) is 0 Å². The van der Waals surface area contributed by atoms with Gasteiger partial charge in [0.15, 0.2) is 0 Å². The van der Waals surface area contributed by atoms with Gasteiger partial charge in [0.1, 0.15) is 0 Å². The van der Waals surface area contributed by atoms with Gasteiger partial charge in [-0.25, -0.2) is 4.98 Å². The predicted molar refractivity (Wildman–Crippen MR) is 71.0 cm³/mol. The minimum Gasteiger partial charge on any atom is -0.249 e. The number of hydrogen-bond acceptors (Lipinski definition) is 2. The fourth-order valence-corrected chi connectivity index (χ4v) is 3.71. The monoisotopic (exact) mass is 237 g/mol. The van der Waals surface area contributed by atoms with Gasteiger partial charge < -0.3 is 0 Å². The number of thiazole rings is 1. The summed E-state index contributed by atoms with van der Waals surface area (Å²) < 4.78 is 0. The summed E-state index contributed by atoms with van der Waals surface area (Å²) in [5, 5.41) is 1.38. The van der Waals surface area contributed by atoms with Gasteiger partial charge in [0.05, 0.1) is 5.01 Å². The van der Waals surface area contributed by atoms with Crippen LogP contribution in [-0.4, -0.2) is 4.98 Å². The molecule has 0 bridgehead atoms. The van der Waals surface area contributed by atoms with Gasteiger partial charge in [-0.1, -0.05) is 20.8 Å². The first-order chi connectivity index (χ1) is 7.47. The third kappa shape index (κ3) is 2.65. The number of aromatic nitrogens is 1. The maximum atomic E-state index is 4.55. The number of rotatable bonds is 1. The molecule has 2 rings (SSSR count). The van der Waals surface area contributed by atoms with Crippen molar-refractivity contribution >= 4 is 11.3 Å². The van der Waals surface area contributed by atoms with E-state index in [9.17, 15) is 0 Å². The number of nitrogens with zero attached hydrogens (tertiary/aromatic N) is 1. The Labute approximate surface area is 103 Å². The highest BCUT2D eigenvalue weighted by molar-refractivity contribution is 7.11. The van der Waals surface area contributed by atoms with Crippen LogP contribution < -0.4 is 0 Å². The Bertz CT molecular complexity index is 340. The Morgan fingerprint density at radius 3 is 2.25 bits per heavy atom. The first kappa shape index (κ1) is 12.1. The molecule has 1 aliphatic rings. The van der Waals surface area contributed by atoms with Crippen molar-refractivity contribution in [2.75, 3.05) is 0 Å². The van der Waals surface area contributed by atoms with Crippen LogP contribution in [0.4, 0.5) is 0 Å². The molecule has 0 N–H and O–H groups in total. The first-order valence-corrected chi connectivity index (χ1v) is 7.21. The summed E-state index contributed by atoms with van der Waals surface area (Å²) in [4.78, 5) is 5.90. The standard InChI is InChI=1S/C14H23NS/c1-10-9-15-13(16-10)11-5-7-12(8-6-11)14(2,3)4/h9,11-12H,5-8H2,1-4H3. The molecule has 1 nitrogen and oxygen atoms in total. The fourth-order valence-electron chi connectivity index (χ4n) is 2.77. The van der Waals surface area contributed by atoms with Crippen molar-refractivity contribution in [3.8, 4) is 0 Å². The fraction of sp³-hybridized carbons (Fsp3) is 0.786. The molecule has 1 heterocycles. The van der Waals surface area contributed by atoms with Crippen LogP contribution in [0.15, 0.2) is 6.20 Å². The Morgan fingerprint density at radius 2 is 1.81 bits per heavy atom. The predicted octanol–water partition coefficient (Wildman–Crippen LogP) is 4.77. The minimum absolute atomic E-state index is 0.490. The van der Waals surface area contributed by atoms with Crippen LogP contribution in [0.2, 0.25) is 0 Å². The van der Waals surface area contributed by atoms with E-state index in [0.29, 0.717) is 5.41 Å². The molecule has 0 atom stereocenters. The van der Waals surface area contributed by atoms with Gasteiger partial charge in [-0.05, 0) is 43.9 Å². The Hall–Kier alpha value is -0.370. The van der Waals surface area contributed by atoms with Gasteiger partial charge in [-0.15, -0.1) is 11.3 Å². The molecule has 0 saturated heterocycles. The van der Waals surface area contributed by atoms with Crippen molar-refractivity contribution in [2.24, 2.45) is 11.3 Å². The van der Waals surface area contributed by atoms with Gasteiger partial charge in [0.25, 0.3) is 0 Å². The lowest BCUT2D eigenvalue weighted by atomic mass is 9.70. The third-order valence-electron chi connectivity index (χ3n) is 3.94. The van der Waals surface area contributed by atoms with Crippen LogP contribution in [0.1, 0.15) is 62.3 Å². The average molecular weight is 237 g/mol. The van der Waals surface area contributed by atoms with E-state index < -0.39 is 0 Å². The van der Waals surface area contributed by atoms with Crippen molar-refractivity contribution in [3.63, 3.8) is 0 Å². The molecule has 0 radical (unpaired) electrons. The summed E-state index contributed by atoms with van der Waals surface area (Å²) in [6, 6.07) is 0. The maximum Gasteiger partial charge on any atom is 0.0958 e. The lowest BCUT2D eigenvalue weighted by molar-refractivity contribution is 0.169. The Morgan fingerprint density at radius 1 is 1.19 bits per heavy atom. The molecule has 90 valence electrons. The largest absolute Gasteiger partial charge is 0.249 e. The van der Waals surface area contributed by atoms with Crippen LogP contribution in [-0.2, 0) is 0 Å². The van der Waals surface area contributed by atoms with E-state index in [1.54, 1.807) is 0 Å². The van der Waals surface area contributed by atoms with Gasteiger partial charge >= 0.3 is 0 Å². The van der Waals surface area contributed by atoms with E-state index in [1.807, 2.05) is 17.5 Å². The minimum atomic E-state index is 0.490. The van der Waals surface area contributed by atoms with Gasteiger partial charge in [-0.3, -0.25) is 0 Å². The molecule has 1 aromatic rings.